The fraction of sp³-hybridized carbons (Fsp3) is 0.462. The molecule has 19 heavy (non-hydrogen) atoms. The zero-order valence-electron chi connectivity index (χ0n) is 10.7. The first-order valence-electron chi connectivity index (χ1n) is 6.33. The second kappa shape index (κ2) is 4.97. The zero-order chi connectivity index (χ0) is 13.2. The van der Waals surface area contributed by atoms with E-state index in [-0.39, 0.29) is 6.04 Å². The molecule has 2 heterocycles. The Morgan fingerprint density at radius 2 is 2.32 bits per heavy atom. The van der Waals surface area contributed by atoms with Gasteiger partial charge in [-0.2, -0.15) is 4.98 Å². The fourth-order valence-electron chi connectivity index (χ4n) is 1.95. The molecule has 0 aromatic carbocycles. The molecule has 0 saturated heterocycles. The number of rotatable bonds is 5. The Hall–Kier alpha value is -1.95. The van der Waals surface area contributed by atoms with Gasteiger partial charge in [0.25, 0.3) is 0 Å². The summed E-state index contributed by atoms with van der Waals surface area (Å²) in [4.78, 5) is 8.49. The standard InChI is InChI=1S/C13H16N4O2/c1-18-11-5-2-8(7-15-11)6-10-16-13(19-17-10)12(14)9-3-4-9/h2,5,7,9,12H,3-4,6,14H2,1H3. The van der Waals surface area contributed by atoms with E-state index in [0.29, 0.717) is 29.9 Å². The highest BCUT2D eigenvalue weighted by Crippen LogP contribution is 2.38. The summed E-state index contributed by atoms with van der Waals surface area (Å²) < 4.78 is 10.2. The van der Waals surface area contributed by atoms with Crippen LogP contribution in [-0.2, 0) is 6.42 Å². The highest BCUT2D eigenvalue weighted by Gasteiger charge is 2.33. The van der Waals surface area contributed by atoms with Crippen molar-refractivity contribution >= 4 is 0 Å². The first-order valence-corrected chi connectivity index (χ1v) is 6.33. The van der Waals surface area contributed by atoms with Crippen molar-refractivity contribution in [2.75, 3.05) is 7.11 Å². The third-order valence-corrected chi connectivity index (χ3v) is 3.27. The van der Waals surface area contributed by atoms with E-state index < -0.39 is 0 Å². The van der Waals surface area contributed by atoms with Crippen LogP contribution in [0, 0.1) is 5.92 Å². The molecule has 100 valence electrons. The van der Waals surface area contributed by atoms with Crippen molar-refractivity contribution < 1.29 is 9.26 Å². The van der Waals surface area contributed by atoms with Crippen LogP contribution in [0.15, 0.2) is 22.9 Å². The molecule has 6 nitrogen and oxygen atoms in total. The van der Waals surface area contributed by atoms with Crippen molar-refractivity contribution in [1.29, 1.82) is 0 Å². The molecule has 1 saturated carbocycles. The Bertz CT molecular complexity index is 548. The van der Waals surface area contributed by atoms with Crippen molar-refractivity contribution in [3.05, 3.63) is 35.6 Å². The van der Waals surface area contributed by atoms with Crippen LogP contribution in [-0.4, -0.2) is 22.2 Å². The van der Waals surface area contributed by atoms with E-state index in [0.717, 1.165) is 18.4 Å². The third kappa shape index (κ3) is 2.73. The summed E-state index contributed by atoms with van der Waals surface area (Å²) in [6.07, 6.45) is 4.64. The van der Waals surface area contributed by atoms with E-state index in [1.807, 2.05) is 12.1 Å². The minimum absolute atomic E-state index is 0.116. The second-order valence-electron chi connectivity index (χ2n) is 4.80. The van der Waals surface area contributed by atoms with Gasteiger partial charge in [-0.3, -0.25) is 0 Å². The van der Waals surface area contributed by atoms with Gasteiger partial charge in [0.2, 0.25) is 11.8 Å². The van der Waals surface area contributed by atoms with Crippen LogP contribution in [0.4, 0.5) is 0 Å². The van der Waals surface area contributed by atoms with Gasteiger partial charge in [0.1, 0.15) is 0 Å². The molecular formula is C13H16N4O2. The Balaban J connectivity index is 1.68. The normalized spacial score (nSPS) is 16.3. The lowest BCUT2D eigenvalue weighted by atomic mass is 10.2. The molecule has 6 heteroatoms. The van der Waals surface area contributed by atoms with Gasteiger partial charge in [-0.05, 0) is 24.3 Å². The number of hydrogen-bond acceptors (Lipinski definition) is 6. The average Bonchev–Trinajstić information content (AvgIpc) is 3.19. The van der Waals surface area contributed by atoms with Crippen molar-refractivity contribution in [2.24, 2.45) is 11.7 Å². The van der Waals surface area contributed by atoms with Gasteiger partial charge in [0.15, 0.2) is 5.82 Å². The van der Waals surface area contributed by atoms with E-state index in [1.165, 1.54) is 0 Å². The second-order valence-corrected chi connectivity index (χ2v) is 4.80. The predicted molar refractivity (Wildman–Crippen MR) is 67.5 cm³/mol. The topological polar surface area (TPSA) is 87.1 Å². The van der Waals surface area contributed by atoms with Crippen LogP contribution in [0.1, 0.15) is 36.2 Å². The first kappa shape index (κ1) is 12.1. The lowest BCUT2D eigenvalue weighted by molar-refractivity contribution is 0.340. The van der Waals surface area contributed by atoms with Gasteiger partial charge >= 0.3 is 0 Å². The van der Waals surface area contributed by atoms with E-state index in [9.17, 15) is 0 Å². The maximum atomic E-state index is 6.02. The number of nitrogens with zero attached hydrogens (tertiary/aromatic N) is 3. The van der Waals surface area contributed by atoms with Gasteiger partial charge in [-0.1, -0.05) is 11.2 Å². The fourth-order valence-corrected chi connectivity index (χ4v) is 1.95. The van der Waals surface area contributed by atoms with Crippen LogP contribution in [0.25, 0.3) is 0 Å². The number of pyridine rings is 1. The minimum atomic E-state index is -0.116. The molecule has 1 fully saturated rings. The Morgan fingerprint density at radius 1 is 1.47 bits per heavy atom. The molecule has 2 aromatic heterocycles. The van der Waals surface area contributed by atoms with Crippen LogP contribution < -0.4 is 10.5 Å². The third-order valence-electron chi connectivity index (χ3n) is 3.27. The first-order chi connectivity index (χ1) is 9.26. The van der Waals surface area contributed by atoms with Crippen molar-refractivity contribution in [2.45, 2.75) is 25.3 Å². The summed E-state index contributed by atoms with van der Waals surface area (Å²) in [5.74, 6) is 2.28. The van der Waals surface area contributed by atoms with E-state index in [1.54, 1.807) is 13.3 Å². The Labute approximate surface area is 111 Å². The number of hydrogen-bond donors (Lipinski definition) is 1. The van der Waals surface area contributed by atoms with Crippen LogP contribution in [0.5, 0.6) is 5.88 Å². The van der Waals surface area contributed by atoms with Crippen LogP contribution in [0.2, 0.25) is 0 Å². The molecule has 0 bridgehead atoms. The van der Waals surface area contributed by atoms with Crippen molar-refractivity contribution in [1.82, 2.24) is 15.1 Å². The molecule has 2 N–H and O–H groups in total. The summed E-state index contributed by atoms with van der Waals surface area (Å²) >= 11 is 0. The van der Waals surface area contributed by atoms with Crippen LogP contribution in [0.3, 0.4) is 0 Å². The number of nitrogens with two attached hydrogens (primary N) is 1. The number of aromatic nitrogens is 3. The molecule has 0 amide bonds. The molecule has 1 unspecified atom stereocenters. The lowest BCUT2D eigenvalue weighted by Gasteiger charge is -2.01. The summed E-state index contributed by atoms with van der Waals surface area (Å²) in [6, 6.07) is 3.63. The quantitative estimate of drug-likeness (QED) is 0.876. The highest BCUT2D eigenvalue weighted by atomic mass is 16.5. The van der Waals surface area contributed by atoms with Gasteiger partial charge in [-0.15, -0.1) is 0 Å². The molecule has 3 rings (SSSR count). The van der Waals surface area contributed by atoms with Gasteiger partial charge in [-0.25, -0.2) is 4.98 Å². The SMILES string of the molecule is COc1ccc(Cc2noc(C(N)C3CC3)n2)cn1. The number of methoxy groups -OCH3 is 1. The summed E-state index contributed by atoms with van der Waals surface area (Å²) in [5, 5.41) is 3.96. The molecule has 1 aliphatic rings. The van der Waals surface area contributed by atoms with Gasteiger partial charge < -0.3 is 15.0 Å². The summed E-state index contributed by atoms with van der Waals surface area (Å²) in [5.41, 5.74) is 7.03. The van der Waals surface area contributed by atoms with Crippen molar-refractivity contribution in [3.8, 4) is 5.88 Å². The van der Waals surface area contributed by atoms with E-state index >= 15 is 0 Å². The number of ether oxygens (including phenoxy) is 1. The molecule has 0 aliphatic heterocycles. The summed E-state index contributed by atoms with van der Waals surface area (Å²) in [7, 11) is 1.59. The maximum Gasteiger partial charge on any atom is 0.243 e. The average molecular weight is 260 g/mol. The van der Waals surface area contributed by atoms with Gasteiger partial charge in [0, 0.05) is 18.7 Å². The smallest absolute Gasteiger partial charge is 0.243 e. The largest absolute Gasteiger partial charge is 0.481 e. The van der Waals surface area contributed by atoms with E-state index in [2.05, 4.69) is 15.1 Å². The molecule has 1 atom stereocenters. The zero-order valence-corrected chi connectivity index (χ0v) is 10.7. The van der Waals surface area contributed by atoms with Crippen LogP contribution >= 0.6 is 0 Å². The molecule has 1 aliphatic carbocycles. The monoisotopic (exact) mass is 260 g/mol. The highest BCUT2D eigenvalue weighted by molar-refractivity contribution is 5.20. The Kier molecular flexibility index (Phi) is 3.16. The maximum absolute atomic E-state index is 6.02. The van der Waals surface area contributed by atoms with Gasteiger partial charge in [0.05, 0.1) is 13.2 Å². The lowest BCUT2D eigenvalue weighted by Crippen LogP contribution is -2.12. The van der Waals surface area contributed by atoms with E-state index in [4.69, 9.17) is 15.0 Å². The molecule has 2 aromatic rings. The minimum Gasteiger partial charge on any atom is -0.481 e. The molecule has 0 spiro atoms. The summed E-state index contributed by atoms with van der Waals surface area (Å²) in [6.45, 7) is 0. The Morgan fingerprint density at radius 3 is 2.95 bits per heavy atom. The van der Waals surface area contributed by atoms with Crippen molar-refractivity contribution in [3.63, 3.8) is 0 Å². The molecular weight excluding hydrogens is 244 g/mol. The molecule has 0 radical (unpaired) electrons. The predicted octanol–water partition coefficient (Wildman–Crippen LogP) is 1.47.